The zero-order valence-electron chi connectivity index (χ0n) is 16.8. The molecule has 29 heavy (non-hydrogen) atoms. The van der Waals surface area contributed by atoms with E-state index in [1.807, 2.05) is 0 Å². The Balaban J connectivity index is 1.51. The van der Waals surface area contributed by atoms with Gasteiger partial charge in [0.1, 0.15) is 18.5 Å². The molecule has 1 aliphatic carbocycles. The number of likely N-dealkylation sites (N-methyl/N-ethyl adjacent to an activating group) is 1. The first-order chi connectivity index (χ1) is 14.0. The molecule has 4 rings (SSSR count). The third-order valence-corrected chi connectivity index (χ3v) is 5.92. The molecule has 3 amide bonds. The Kier molecular flexibility index (Phi) is 5.45. The topological polar surface area (TPSA) is 97.0 Å². The first-order valence-corrected chi connectivity index (χ1v) is 10.2. The molecule has 8 heteroatoms. The van der Waals surface area contributed by atoms with Crippen LogP contribution in [0.15, 0.2) is 18.2 Å². The average Bonchev–Trinajstić information content (AvgIpc) is 3.56. The van der Waals surface area contributed by atoms with Crippen molar-refractivity contribution in [3.05, 3.63) is 23.8 Å². The number of anilines is 1. The van der Waals surface area contributed by atoms with Gasteiger partial charge < -0.3 is 25.0 Å². The van der Waals surface area contributed by atoms with Crippen LogP contribution in [0, 0.1) is 5.92 Å². The monoisotopic (exact) mass is 401 g/mol. The summed E-state index contributed by atoms with van der Waals surface area (Å²) in [5.41, 5.74) is 1.04. The van der Waals surface area contributed by atoms with Crippen molar-refractivity contribution >= 4 is 23.4 Å². The van der Waals surface area contributed by atoms with E-state index in [1.165, 1.54) is 0 Å². The minimum atomic E-state index is -0.297. The fourth-order valence-corrected chi connectivity index (χ4v) is 4.00. The van der Waals surface area contributed by atoms with Crippen LogP contribution in [0.2, 0.25) is 0 Å². The summed E-state index contributed by atoms with van der Waals surface area (Å²) in [6, 6.07) is 5.03. The van der Waals surface area contributed by atoms with Crippen molar-refractivity contribution in [2.45, 2.75) is 50.4 Å². The van der Waals surface area contributed by atoms with Crippen LogP contribution in [0.5, 0.6) is 5.75 Å². The van der Waals surface area contributed by atoms with Crippen LogP contribution in [-0.4, -0.2) is 61.6 Å². The second-order valence-electron chi connectivity index (χ2n) is 8.02. The molecule has 0 radical (unpaired) electrons. The standard InChI is InChI=1S/C21H27N3O5/c1-22-19(25)10-14-6-7-16-18(29-14)11-28-17-8-5-13(23-20(26)12-3-4-12)9-15(17)21(27)24(16)2/h5,8-9,12,14,16,18H,3-4,6-7,10-11H2,1-2H3,(H,22,25)(H,23,26)/t14-,16-,18+/m0/s1. The number of carbonyl (C=O) groups excluding carboxylic acids is 3. The maximum Gasteiger partial charge on any atom is 0.257 e. The molecule has 8 nitrogen and oxygen atoms in total. The number of amides is 3. The molecule has 0 aromatic heterocycles. The minimum Gasteiger partial charge on any atom is -0.490 e. The van der Waals surface area contributed by atoms with Crippen LogP contribution in [0.3, 0.4) is 0 Å². The van der Waals surface area contributed by atoms with Gasteiger partial charge in [-0.1, -0.05) is 0 Å². The van der Waals surface area contributed by atoms with Crippen molar-refractivity contribution in [3.8, 4) is 5.75 Å². The molecule has 2 N–H and O–H groups in total. The maximum atomic E-state index is 13.1. The molecule has 0 unspecified atom stereocenters. The van der Waals surface area contributed by atoms with Crippen LogP contribution < -0.4 is 15.4 Å². The highest BCUT2D eigenvalue weighted by atomic mass is 16.5. The van der Waals surface area contributed by atoms with E-state index < -0.39 is 0 Å². The van der Waals surface area contributed by atoms with Crippen molar-refractivity contribution in [3.63, 3.8) is 0 Å². The third-order valence-electron chi connectivity index (χ3n) is 5.92. The molecule has 1 aromatic rings. The summed E-state index contributed by atoms with van der Waals surface area (Å²) >= 11 is 0. The number of fused-ring (bicyclic) bond motifs is 2. The lowest BCUT2D eigenvalue weighted by atomic mass is 9.94. The summed E-state index contributed by atoms with van der Waals surface area (Å²) in [5, 5.41) is 5.50. The van der Waals surface area contributed by atoms with Gasteiger partial charge in [-0.15, -0.1) is 0 Å². The smallest absolute Gasteiger partial charge is 0.257 e. The first-order valence-electron chi connectivity index (χ1n) is 10.2. The van der Waals surface area contributed by atoms with Crippen molar-refractivity contribution in [2.24, 2.45) is 5.92 Å². The van der Waals surface area contributed by atoms with Gasteiger partial charge in [0.25, 0.3) is 5.91 Å². The molecule has 2 aliphatic heterocycles. The van der Waals surface area contributed by atoms with Crippen molar-refractivity contribution in [1.29, 1.82) is 0 Å². The number of nitrogens with zero attached hydrogens (tertiary/aromatic N) is 1. The SMILES string of the molecule is CNC(=O)C[C@@H]1CC[C@H]2[C@@H](COc3ccc(NC(=O)C4CC4)cc3C(=O)N2C)O1. The van der Waals surface area contributed by atoms with Crippen molar-refractivity contribution in [2.75, 3.05) is 26.0 Å². The predicted octanol–water partition coefficient (Wildman–Crippen LogP) is 1.55. The summed E-state index contributed by atoms with van der Waals surface area (Å²) in [6.07, 6.45) is 3.12. The van der Waals surface area contributed by atoms with Crippen LogP contribution in [0.4, 0.5) is 5.69 Å². The Morgan fingerprint density at radius 2 is 2.00 bits per heavy atom. The molecule has 0 bridgehead atoms. The molecule has 3 aliphatic rings. The first kappa shape index (κ1) is 19.7. The zero-order valence-corrected chi connectivity index (χ0v) is 16.8. The van der Waals surface area contributed by atoms with E-state index in [1.54, 1.807) is 37.2 Å². The van der Waals surface area contributed by atoms with Crippen LogP contribution in [-0.2, 0) is 14.3 Å². The number of hydrogen-bond donors (Lipinski definition) is 2. The highest BCUT2D eigenvalue weighted by Gasteiger charge is 2.39. The van der Waals surface area contributed by atoms with E-state index in [-0.39, 0.29) is 41.9 Å². The molecule has 156 valence electrons. The fourth-order valence-electron chi connectivity index (χ4n) is 4.00. The number of hydrogen-bond acceptors (Lipinski definition) is 5. The van der Waals surface area contributed by atoms with Gasteiger partial charge in [-0.3, -0.25) is 14.4 Å². The van der Waals surface area contributed by atoms with Gasteiger partial charge in [0.05, 0.1) is 24.1 Å². The third kappa shape index (κ3) is 4.22. The minimum absolute atomic E-state index is 0.000388. The second kappa shape index (κ2) is 8.02. The number of carbonyl (C=O) groups is 3. The van der Waals surface area contributed by atoms with Gasteiger partial charge >= 0.3 is 0 Å². The molecule has 2 fully saturated rings. The Morgan fingerprint density at radius 1 is 1.21 bits per heavy atom. The Hall–Kier alpha value is -2.61. The van der Waals surface area contributed by atoms with Crippen molar-refractivity contribution in [1.82, 2.24) is 10.2 Å². The van der Waals surface area contributed by atoms with Gasteiger partial charge in [-0.05, 0) is 43.9 Å². The van der Waals surface area contributed by atoms with Gasteiger partial charge in [-0.25, -0.2) is 0 Å². The summed E-state index contributed by atoms with van der Waals surface area (Å²) in [4.78, 5) is 38.6. The number of nitrogens with one attached hydrogen (secondary N) is 2. The predicted molar refractivity (Wildman–Crippen MR) is 106 cm³/mol. The lowest BCUT2D eigenvalue weighted by Gasteiger charge is -2.42. The average molecular weight is 401 g/mol. The van der Waals surface area contributed by atoms with E-state index in [0.29, 0.717) is 36.4 Å². The Bertz CT molecular complexity index is 823. The van der Waals surface area contributed by atoms with E-state index in [9.17, 15) is 14.4 Å². The largest absolute Gasteiger partial charge is 0.490 e. The normalized spacial score (nSPS) is 26.3. The van der Waals surface area contributed by atoms with Gasteiger partial charge in [0, 0.05) is 25.7 Å². The quantitative estimate of drug-likeness (QED) is 0.798. The van der Waals surface area contributed by atoms with Crippen LogP contribution >= 0.6 is 0 Å². The van der Waals surface area contributed by atoms with Crippen LogP contribution in [0.25, 0.3) is 0 Å². The number of rotatable bonds is 4. The Morgan fingerprint density at radius 3 is 2.72 bits per heavy atom. The fraction of sp³-hybridized carbons (Fsp3) is 0.571. The van der Waals surface area contributed by atoms with Crippen molar-refractivity contribution < 1.29 is 23.9 Å². The summed E-state index contributed by atoms with van der Waals surface area (Å²) in [7, 11) is 3.38. The number of benzene rings is 1. The summed E-state index contributed by atoms with van der Waals surface area (Å²) in [6.45, 7) is 0.299. The van der Waals surface area contributed by atoms with E-state index >= 15 is 0 Å². The van der Waals surface area contributed by atoms with E-state index in [2.05, 4.69) is 10.6 Å². The zero-order chi connectivity index (χ0) is 20.5. The van der Waals surface area contributed by atoms with E-state index in [4.69, 9.17) is 9.47 Å². The lowest BCUT2D eigenvalue weighted by Crippen LogP contribution is -2.53. The van der Waals surface area contributed by atoms with Gasteiger partial charge in [0.2, 0.25) is 11.8 Å². The second-order valence-corrected chi connectivity index (χ2v) is 8.02. The molecule has 3 atom stereocenters. The highest BCUT2D eigenvalue weighted by Crippen LogP contribution is 2.34. The molecule has 1 aromatic carbocycles. The highest BCUT2D eigenvalue weighted by molar-refractivity contribution is 6.00. The molecule has 1 saturated heterocycles. The molecule has 1 saturated carbocycles. The molecular weight excluding hydrogens is 374 g/mol. The summed E-state index contributed by atoms with van der Waals surface area (Å²) < 4.78 is 12.0. The molecular formula is C21H27N3O5. The molecule has 2 heterocycles. The molecule has 0 spiro atoms. The van der Waals surface area contributed by atoms with E-state index in [0.717, 1.165) is 19.3 Å². The number of ether oxygens (including phenoxy) is 2. The van der Waals surface area contributed by atoms with Gasteiger partial charge in [-0.2, -0.15) is 0 Å². The Labute approximate surface area is 169 Å². The van der Waals surface area contributed by atoms with Gasteiger partial charge in [0.15, 0.2) is 0 Å². The summed E-state index contributed by atoms with van der Waals surface area (Å²) in [5.74, 6) is 0.345. The lowest BCUT2D eigenvalue weighted by molar-refractivity contribution is -0.133. The van der Waals surface area contributed by atoms with Crippen LogP contribution in [0.1, 0.15) is 42.5 Å². The maximum absolute atomic E-state index is 13.1.